The van der Waals surface area contributed by atoms with E-state index < -0.39 is 0 Å². The molecule has 0 aliphatic carbocycles. The minimum Gasteiger partial charge on any atom is -0.486 e. The molecule has 1 aromatic heterocycles. The van der Waals surface area contributed by atoms with Crippen molar-refractivity contribution in [3.05, 3.63) is 36.4 Å². The lowest BCUT2D eigenvalue weighted by Gasteiger charge is -2.21. The summed E-state index contributed by atoms with van der Waals surface area (Å²) in [5.41, 5.74) is 1.64. The first-order chi connectivity index (χ1) is 11.7. The van der Waals surface area contributed by atoms with Crippen LogP contribution in [0.2, 0.25) is 0 Å². The molecule has 24 heavy (non-hydrogen) atoms. The van der Waals surface area contributed by atoms with E-state index >= 15 is 0 Å². The molecule has 0 unspecified atom stereocenters. The maximum Gasteiger partial charge on any atom is 0.319 e. The van der Waals surface area contributed by atoms with Gasteiger partial charge in [-0.3, -0.25) is 0 Å². The molecule has 2 amide bonds. The van der Waals surface area contributed by atoms with Gasteiger partial charge in [0.05, 0.1) is 6.33 Å². The van der Waals surface area contributed by atoms with Crippen molar-refractivity contribution in [1.29, 1.82) is 0 Å². The van der Waals surface area contributed by atoms with E-state index in [2.05, 4.69) is 15.6 Å². The third-order valence-electron chi connectivity index (χ3n) is 3.96. The van der Waals surface area contributed by atoms with Gasteiger partial charge in [-0.2, -0.15) is 0 Å². The van der Waals surface area contributed by atoms with Crippen molar-refractivity contribution < 1.29 is 14.3 Å². The average molecular weight is 330 g/mol. The maximum atomic E-state index is 12.3. The molecule has 128 valence electrons. The number of carbonyl (C=O) groups is 1. The first-order valence-electron chi connectivity index (χ1n) is 8.09. The van der Waals surface area contributed by atoms with Gasteiger partial charge in [-0.1, -0.05) is 6.92 Å². The first-order valence-corrected chi connectivity index (χ1v) is 8.09. The molecule has 1 aliphatic heterocycles. The molecular formula is C17H22N4O3. The van der Waals surface area contributed by atoms with Crippen LogP contribution in [0.3, 0.4) is 0 Å². The molecule has 7 nitrogen and oxygen atoms in total. The molecule has 2 heterocycles. The van der Waals surface area contributed by atoms with Crippen LogP contribution in [0, 0.1) is 6.92 Å². The number of urea groups is 1. The Morgan fingerprint density at radius 1 is 1.33 bits per heavy atom. The molecule has 1 aliphatic rings. The number of benzene rings is 1. The number of ether oxygens (including phenoxy) is 2. The van der Waals surface area contributed by atoms with Crippen molar-refractivity contribution in [2.75, 3.05) is 18.5 Å². The molecule has 1 atom stereocenters. The van der Waals surface area contributed by atoms with Gasteiger partial charge in [0.2, 0.25) is 0 Å². The van der Waals surface area contributed by atoms with Crippen molar-refractivity contribution >= 4 is 11.7 Å². The van der Waals surface area contributed by atoms with Crippen LogP contribution in [0.15, 0.2) is 30.9 Å². The Hall–Kier alpha value is -2.70. The van der Waals surface area contributed by atoms with Gasteiger partial charge in [0, 0.05) is 36.7 Å². The van der Waals surface area contributed by atoms with Gasteiger partial charge in [-0.05, 0) is 25.0 Å². The van der Waals surface area contributed by atoms with E-state index in [4.69, 9.17) is 9.47 Å². The molecule has 0 saturated carbocycles. The number of imidazole rings is 1. The summed E-state index contributed by atoms with van der Waals surface area (Å²) in [6, 6.07) is 3.48. The Labute approximate surface area is 141 Å². The van der Waals surface area contributed by atoms with Crippen molar-refractivity contribution in [2.45, 2.75) is 32.9 Å². The second kappa shape index (κ2) is 7.25. The zero-order valence-corrected chi connectivity index (χ0v) is 13.9. The molecule has 0 bridgehead atoms. The number of hydrogen-bond acceptors (Lipinski definition) is 4. The number of nitrogens with one attached hydrogen (secondary N) is 2. The second-order valence-electron chi connectivity index (χ2n) is 5.77. The van der Waals surface area contributed by atoms with Crippen LogP contribution in [0.4, 0.5) is 10.5 Å². The number of amides is 2. The molecule has 0 saturated heterocycles. The van der Waals surface area contributed by atoms with E-state index in [9.17, 15) is 4.79 Å². The topological polar surface area (TPSA) is 77.4 Å². The van der Waals surface area contributed by atoms with E-state index in [1.165, 1.54) is 0 Å². The molecule has 2 N–H and O–H groups in total. The van der Waals surface area contributed by atoms with Crippen LogP contribution < -0.4 is 20.1 Å². The van der Waals surface area contributed by atoms with Gasteiger partial charge in [-0.15, -0.1) is 0 Å². The van der Waals surface area contributed by atoms with Crippen molar-refractivity contribution in [3.8, 4) is 11.5 Å². The minimum absolute atomic E-state index is 0.0247. The zero-order valence-electron chi connectivity index (χ0n) is 13.9. The summed E-state index contributed by atoms with van der Waals surface area (Å²) in [4.78, 5) is 16.3. The Morgan fingerprint density at radius 2 is 2.08 bits per heavy atom. The third kappa shape index (κ3) is 3.79. The van der Waals surface area contributed by atoms with E-state index in [1.807, 2.05) is 30.7 Å². The van der Waals surface area contributed by atoms with Crippen LogP contribution in [0.1, 0.15) is 18.9 Å². The average Bonchev–Trinajstić information content (AvgIpc) is 3.08. The van der Waals surface area contributed by atoms with Gasteiger partial charge in [0.1, 0.15) is 13.2 Å². The van der Waals surface area contributed by atoms with Gasteiger partial charge in [0.15, 0.2) is 11.5 Å². The molecule has 2 aromatic rings. The fourth-order valence-corrected chi connectivity index (χ4v) is 2.59. The summed E-state index contributed by atoms with van der Waals surface area (Å²) in [6.45, 7) is 5.72. The van der Waals surface area contributed by atoms with E-state index in [1.54, 1.807) is 18.6 Å². The Balaban J connectivity index is 1.63. The van der Waals surface area contributed by atoms with Gasteiger partial charge in [-0.25, -0.2) is 9.78 Å². The van der Waals surface area contributed by atoms with Gasteiger partial charge in [0.25, 0.3) is 0 Å². The van der Waals surface area contributed by atoms with Crippen LogP contribution in [-0.2, 0) is 6.54 Å². The fraction of sp³-hybridized carbons (Fsp3) is 0.412. The smallest absolute Gasteiger partial charge is 0.319 e. The summed E-state index contributed by atoms with van der Waals surface area (Å²) in [5.74, 6) is 1.38. The second-order valence-corrected chi connectivity index (χ2v) is 5.77. The normalized spacial score (nSPS) is 14.1. The van der Waals surface area contributed by atoms with Crippen molar-refractivity contribution in [3.63, 3.8) is 0 Å². The number of hydrogen-bond donors (Lipinski definition) is 2. The summed E-state index contributed by atoms with van der Waals surface area (Å²) in [5, 5.41) is 5.88. The number of aromatic nitrogens is 2. The first kappa shape index (κ1) is 16.2. The zero-order chi connectivity index (χ0) is 16.9. The number of aryl methyl sites for hydroxylation is 1. The van der Waals surface area contributed by atoms with Crippen molar-refractivity contribution in [1.82, 2.24) is 14.9 Å². The van der Waals surface area contributed by atoms with Crippen molar-refractivity contribution in [2.24, 2.45) is 0 Å². The molecule has 1 aromatic carbocycles. The molecule has 0 radical (unpaired) electrons. The molecule has 0 spiro atoms. The van der Waals surface area contributed by atoms with Crippen LogP contribution in [0.5, 0.6) is 11.5 Å². The molecule has 7 heteroatoms. The van der Waals surface area contributed by atoms with Crippen LogP contribution in [-0.4, -0.2) is 34.8 Å². The standard InChI is InChI=1S/C17H22N4O3/c1-3-13(10-21-5-4-18-11-21)19-17(22)20-14-9-16-15(8-12(14)2)23-6-7-24-16/h4-5,8-9,11,13H,3,6-7,10H2,1-2H3,(H2,19,20,22)/t13-/m1/s1. The summed E-state index contributed by atoms with van der Waals surface area (Å²) in [6.07, 6.45) is 6.18. The monoisotopic (exact) mass is 330 g/mol. The minimum atomic E-state index is -0.234. The highest BCUT2D eigenvalue weighted by atomic mass is 16.6. The highest BCUT2D eigenvalue weighted by Crippen LogP contribution is 2.35. The molecule has 0 fully saturated rings. The Kier molecular flexibility index (Phi) is 4.88. The maximum absolute atomic E-state index is 12.3. The van der Waals surface area contributed by atoms with Gasteiger partial charge >= 0.3 is 6.03 Å². The summed E-state index contributed by atoms with van der Waals surface area (Å²) >= 11 is 0. The SMILES string of the molecule is CC[C@H](Cn1ccnc1)NC(=O)Nc1cc2c(cc1C)OCCO2. The van der Waals surface area contributed by atoms with Gasteiger partial charge < -0.3 is 24.7 Å². The van der Waals surface area contributed by atoms with E-state index in [-0.39, 0.29) is 12.1 Å². The molecule has 3 rings (SSSR count). The lowest BCUT2D eigenvalue weighted by molar-refractivity contribution is 0.171. The quantitative estimate of drug-likeness (QED) is 0.883. The Bertz CT molecular complexity index is 700. The predicted octanol–water partition coefficient (Wildman–Crippen LogP) is 2.56. The lowest BCUT2D eigenvalue weighted by Crippen LogP contribution is -2.40. The lowest BCUT2D eigenvalue weighted by atomic mass is 10.1. The highest BCUT2D eigenvalue weighted by molar-refractivity contribution is 5.90. The highest BCUT2D eigenvalue weighted by Gasteiger charge is 2.16. The van der Waals surface area contributed by atoms with Crippen LogP contribution in [0.25, 0.3) is 0 Å². The number of carbonyl (C=O) groups excluding carboxylic acids is 1. The number of nitrogens with zero attached hydrogens (tertiary/aromatic N) is 2. The van der Waals surface area contributed by atoms with E-state index in [0.29, 0.717) is 31.2 Å². The number of fused-ring (bicyclic) bond motifs is 1. The summed E-state index contributed by atoms with van der Waals surface area (Å²) in [7, 11) is 0. The summed E-state index contributed by atoms with van der Waals surface area (Å²) < 4.78 is 13.1. The largest absolute Gasteiger partial charge is 0.486 e. The predicted molar refractivity (Wildman–Crippen MR) is 90.6 cm³/mol. The Morgan fingerprint density at radius 3 is 2.75 bits per heavy atom. The number of anilines is 1. The number of rotatable bonds is 5. The van der Waals surface area contributed by atoms with E-state index in [0.717, 1.165) is 17.7 Å². The molecular weight excluding hydrogens is 308 g/mol. The van der Waals surface area contributed by atoms with Crippen LogP contribution >= 0.6 is 0 Å². The fourth-order valence-electron chi connectivity index (χ4n) is 2.59. The third-order valence-corrected chi connectivity index (χ3v) is 3.96.